The molecule has 2 aromatic rings. The molecule has 3 amide bonds. The maximum Gasteiger partial charge on any atom is 0.319 e. The maximum atomic E-state index is 13.4. The maximum absolute atomic E-state index is 13.4. The van der Waals surface area contributed by atoms with E-state index in [1.807, 2.05) is 15.9 Å². The van der Waals surface area contributed by atoms with Gasteiger partial charge in [-0.2, -0.15) is 0 Å². The number of hydrogen-bond donors (Lipinski definition) is 0. The van der Waals surface area contributed by atoms with Crippen molar-refractivity contribution in [3.63, 3.8) is 0 Å². The predicted molar refractivity (Wildman–Crippen MR) is 114 cm³/mol. The topological polar surface area (TPSA) is 43.9 Å². The van der Waals surface area contributed by atoms with Crippen molar-refractivity contribution >= 4 is 11.9 Å². The summed E-state index contributed by atoms with van der Waals surface area (Å²) in [6, 6.07) is 14.6. The van der Waals surface area contributed by atoms with E-state index in [1.165, 1.54) is 23.3 Å². The molecule has 0 unspecified atom stereocenters. The van der Waals surface area contributed by atoms with Gasteiger partial charge in [-0.25, -0.2) is 9.18 Å². The van der Waals surface area contributed by atoms with Crippen LogP contribution in [0.3, 0.4) is 0 Å². The van der Waals surface area contributed by atoms with Gasteiger partial charge in [0.1, 0.15) is 5.82 Å². The third kappa shape index (κ3) is 3.91. The van der Waals surface area contributed by atoms with Gasteiger partial charge in [-0.15, -0.1) is 0 Å². The minimum Gasteiger partial charge on any atom is -0.342 e. The zero-order valence-electron chi connectivity index (χ0n) is 17.6. The lowest BCUT2D eigenvalue weighted by molar-refractivity contribution is -0.132. The van der Waals surface area contributed by atoms with Gasteiger partial charge in [-0.05, 0) is 41.7 Å². The highest BCUT2D eigenvalue weighted by molar-refractivity contribution is 5.79. The third-order valence-corrected chi connectivity index (χ3v) is 6.41. The number of carbonyl (C=O) groups excluding carboxylic acids is 2. The normalized spacial score (nSPS) is 17.6. The van der Waals surface area contributed by atoms with Gasteiger partial charge in [0.15, 0.2) is 0 Å². The molecule has 1 fully saturated rings. The third-order valence-electron chi connectivity index (χ3n) is 6.41. The van der Waals surface area contributed by atoms with E-state index >= 15 is 0 Å². The second-order valence-electron chi connectivity index (χ2n) is 8.66. The van der Waals surface area contributed by atoms with Crippen LogP contribution in [0.1, 0.15) is 29.5 Å². The molecule has 1 spiro atoms. The lowest BCUT2D eigenvalue weighted by Crippen LogP contribution is -2.55. The fourth-order valence-corrected chi connectivity index (χ4v) is 4.85. The summed E-state index contributed by atoms with van der Waals surface area (Å²) in [5.41, 5.74) is 3.07. The van der Waals surface area contributed by atoms with Crippen molar-refractivity contribution in [2.75, 3.05) is 33.7 Å². The van der Waals surface area contributed by atoms with E-state index < -0.39 is 0 Å². The van der Waals surface area contributed by atoms with Crippen molar-refractivity contribution in [3.8, 4) is 0 Å². The van der Waals surface area contributed by atoms with Crippen molar-refractivity contribution in [1.82, 2.24) is 14.7 Å². The van der Waals surface area contributed by atoms with Crippen molar-refractivity contribution in [2.45, 2.75) is 31.2 Å². The zero-order chi connectivity index (χ0) is 21.3. The quantitative estimate of drug-likeness (QED) is 0.763. The van der Waals surface area contributed by atoms with Gasteiger partial charge < -0.3 is 14.7 Å². The molecule has 0 N–H and O–H groups in total. The number of fused-ring (bicyclic) bond motifs is 2. The molecule has 0 saturated carbocycles. The number of rotatable bonds is 2. The summed E-state index contributed by atoms with van der Waals surface area (Å²) >= 11 is 0. The van der Waals surface area contributed by atoms with E-state index in [0.29, 0.717) is 31.7 Å². The molecule has 2 aromatic carbocycles. The van der Waals surface area contributed by atoms with Crippen LogP contribution in [0.25, 0.3) is 0 Å². The van der Waals surface area contributed by atoms with Crippen LogP contribution in [0.2, 0.25) is 0 Å². The van der Waals surface area contributed by atoms with Crippen LogP contribution in [0.5, 0.6) is 0 Å². The summed E-state index contributed by atoms with van der Waals surface area (Å²) in [5, 5.41) is 0. The molecule has 0 bridgehead atoms. The van der Waals surface area contributed by atoms with Crippen molar-refractivity contribution < 1.29 is 14.0 Å². The molecule has 2 heterocycles. The van der Waals surface area contributed by atoms with E-state index in [2.05, 4.69) is 18.2 Å². The lowest BCUT2D eigenvalue weighted by atomic mass is 9.69. The smallest absolute Gasteiger partial charge is 0.319 e. The van der Waals surface area contributed by atoms with E-state index in [1.54, 1.807) is 31.1 Å². The Balaban J connectivity index is 1.50. The van der Waals surface area contributed by atoms with Crippen LogP contribution >= 0.6 is 0 Å². The average molecular weight is 410 g/mol. The number of benzene rings is 2. The summed E-state index contributed by atoms with van der Waals surface area (Å²) < 4.78 is 13.4. The first-order valence-electron chi connectivity index (χ1n) is 10.4. The first-order valence-corrected chi connectivity index (χ1v) is 10.4. The largest absolute Gasteiger partial charge is 0.342 e. The minimum atomic E-state index is -0.317. The molecular weight excluding hydrogens is 381 g/mol. The Morgan fingerprint density at radius 1 is 1.03 bits per heavy atom. The van der Waals surface area contributed by atoms with Crippen LogP contribution in [-0.2, 0) is 23.2 Å². The molecule has 158 valence electrons. The number of urea groups is 1. The Morgan fingerprint density at radius 3 is 2.47 bits per heavy atom. The molecule has 2 aliphatic heterocycles. The highest BCUT2D eigenvalue weighted by atomic mass is 19.1. The molecule has 6 heteroatoms. The number of hydrogen-bond acceptors (Lipinski definition) is 2. The highest BCUT2D eigenvalue weighted by Gasteiger charge is 2.43. The summed E-state index contributed by atoms with van der Waals surface area (Å²) in [4.78, 5) is 30.9. The first-order chi connectivity index (χ1) is 14.4. The highest BCUT2D eigenvalue weighted by Crippen LogP contribution is 2.42. The monoisotopic (exact) mass is 409 g/mol. The molecular formula is C24H28FN3O2. The van der Waals surface area contributed by atoms with Crippen molar-refractivity contribution in [2.24, 2.45) is 0 Å². The van der Waals surface area contributed by atoms with E-state index in [4.69, 9.17) is 0 Å². The molecule has 30 heavy (non-hydrogen) atoms. The Kier molecular flexibility index (Phi) is 5.50. The molecule has 2 aliphatic rings. The molecule has 0 aromatic heterocycles. The Labute approximate surface area is 177 Å². The van der Waals surface area contributed by atoms with Crippen LogP contribution in [0.15, 0.2) is 48.5 Å². The van der Waals surface area contributed by atoms with Gasteiger partial charge in [0.25, 0.3) is 0 Å². The van der Waals surface area contributed by atoms with Gasteiger partial charge in [0.05, 0.1) is 6.42 Å². The van der Waals surface area contributed by atoms with Gasteiger partial charge in [0, 0.05) is 45.7 Å². The first kappa shape index (κ1) is 20.4. The SMILES string of the molecule is CN(C)C(=O)N1Cc2ccccc2C2(CCN(C(=O)Cc3cccc(F)c3)CC2)C1. The summed E-state index contributed by atoms with van der Waals surface area (Å²) in [6.07, 6.45) is 1.85. The molecule has 1 saturated heterocycles. The fraction of sp³-hybridized carbons (Fsp3) is 0.417. The van der Waals surface area contributed by atoms with E-state index in [-0.39, 0.29) is 29.6 Å². The molecule has 0 radical (unpaired) electrons. The number of carbonyl (C=O) groups is 2. The van der Waals surface area contributed by atoms with Crippen LogP contribution in [0, 0.1) is 5.82 Å². The Morgan fingerprint density at radius 2 is 1.77 bits per heavy atom. The molecule has 0 atom stereocenters. The summed E-state index contributed by atoms with van der Waals surface area (Å²) in [5.74, 6) is -0.289. The van der Waals surface area contributed by atoms with E-state index in [0.717, 1.165) is 12.8 Å². The fourth-order valence-electron chi connectivity index (χ4n) is 4.85. The molecule has 0 aliphatic carbocycles. The van der Waals surface area contributed by atoms with Gasteiger partial charge in [-0.3, -0.25) is 4.79 Å². The number of halogens is 1. The number of nitrogens with zero attached hydrogens (tertiary/aromatic N) is 3. The zero-order valence-corrected chi connectivity index (χ0v) is 17.6. The van der Waals surface area contributed by atoms with Crippen LogP contribution in [0.4, 0.5) is 9.18 Å². The standard InChI is InChI=1S/C24H28FN3O2/c1-26(2)23(30)28-16-19-7-3-4-9-21(19)24(17-28)10-12-27(13-11-24)22(29)15-18-6-5-8-20(25)14-18/h3-9,14H,10-13,15-17H2,1-2H3. The van der Waals surface area contributed by atoms with Crippen LogP contribution < -0.4 is 0 Å². The van der Waals surface area contributed by atoms with Gasteiger partial charge in [0.2, 0.25) is 5.91 Å². The summed E-state index contributed by atoms with van der Waals surface area (Å²) in [6.45, 7) is 2.59. The average Bonchev–Trinajstić information content (AvgIpc) is 2.73. The van der Waals surface area contributed by atoms with Gasteiger partial charge in [-0.1, -0.05) is 36.4 Å². The second-order valence-corrected chi connectivity index (χ2v) is 8.66. The van der Waals surface area contributed by atoms with Crippen molar-refractivity contribution in [3.05, 3.63) is 71.0 Å². The predicted octanol–water partition coefficient (Wildman–Crippen LogP) is 3.43. The van der Waals surface area contributed by atoms with Gasteiger partial charge >= 0.3 is 6.03 Å². The Bertz CT molecular complexity index is 951. The number of amides is 3. The number of likely N-dealkylation sites (tertiary alicyclic amines) is 1. The molecule has 5 nitrogen and oxygen atoms in total. The minimum absolute atomic E-state index is 0.0217. The lowest BCUT2D eigenvalue weighted by Gasteiger charge is -2.49. The van der Waals surface area contributed by atoms with Crippen molar-refractivity contribution in [1.29, 1.82) is 0 Å². The summed E-state index contributed by atoms with van der Waals surface area (Å²) in [7, 11) is 3.56. The number of piperidine rings is 1. The van der Waals surface area contributed by atoms with E-state index in [9.17, 15) is 14.0 Å². The Hall–Kier alpha value is -2.89. The molecule has 4 rings (SSSR count). The second kappa shape index (κ2) is 8.09. The van der Waals surface area contributed by atoms with Crippen LogP contribution in [-0.4, -0.2) is 60.4 Å².